The molecule has 0 radical (unpaired) electrons. The molecule has 0 aliphatic carbocycles. The van der Waals surface area contributed by atoms with Gasteiger partial charge >= 0.3 is 0 Å². The molecule has 1 aromatic rings. The van der Waals surface area contributed by atoms with E-state index >= 15 is 0 Å². The van der Waals surface area contributed by atoms with Crippen LogP contribution in [0.25, 0.3) is 0 Å². The monoisotopic (exact) mass is 253 g/mol. The van der Waals surface area contributed by atoms with Crippen LogP contribution in [0.1, 0.15) is 56.2 Å². The van der Waals surface area contributed by atoms with E-state index in [9.17, 15) is 0 Å². The predicted octanol–water partition coefficient (Wildman–Crippen LogP) is 4.40. The summed E-state index contributed by atoms with van der Waals surface area (Å²) in [7, 11) is 0. The molecule has 0 aromatic carbocycles. The third-order valence-electron chi connectivity index (χ3n) is 3.43. The molecule has 98 valence electrons. The van der Waals surface area contributed by atoms with Gasteiger partial charge in [0.15, 0.2) is 0 Å². The zero-order valence-corrected chi connectivity index (χ0v) is 12.4. The minimum absolute atomic E-state index is 0.346. The van der Waals surface area contributed by atoms with Crippen molar-refractivity contribution in [2.24, 2.45) is 11.7 Å². The molecule has 1 heterocycles. The highest BCUT2D eigenvalue weighted by Gasteiger charge is 2.17. The van der Waals surface area contributed by atoms with Crippen LogP contribution in [0, 0.1) is 5.92 Å². The minimum atomic E-state index is 0.346. The lowest BCUT2D eigenvalue weighted by molar-refractivity contribution is 0.361. The fraction of sp³-hybridized carbons (Fsp3) is 0.733. The first-order valence-corrected chi connectivity index (χ1v) is 7.86. The molecular weight excluding hydrogens is 226 g/mol. The Morgan fingerprint density at radius 1 is 1.06 bits per heavy atom. The Bertz CT molecular complexity index is 300. The van der Waals surface area contributed by atoms with Crippen molar-refractivity contribution >= 4 is 11.3 Å². The van der Waals surface area contributed by atoms with Gasteiger partial charge in [-0.05, 0) is 43.7 Å². The van der Waals surface area contributed by atoms with Crippen molar-refractivity contribution in [3.05, 3.63) is 21.9 Å². The van der Waals surface area contributed by atoms with E-state index in [1.165, 1.54) is 35.4 Å². The second kappa shape index (κ2) is 7.88. The highest BCUT2D eigenvalue weighted by atomic mass is 32.1. The number of thiophene rings is 1. The van der Waals surface area contributed by atoms with Gasteiger partial charge in [0.25, 0.3) is 0 Å². The van der Waals surface area contributed by atoms with E-state index in [1.807, 2.05) is 11.3 Å². The SMILES string of the molecule is CCCC(CCC)C(N)Cc1ccc(CC)s1. The van der Waals surface area contributed by atoms with E-state index in [4.69, 9.17) is 5.73 Å². The molecule has 1 atom stereocenters. The quantitative estimate of drug-likeness (QED) is 0.730. The van der Waals surface area contributed by atoms with Crippen LogP contribution in [-0.4, -0.2) is 6.04 Å². The first-order valence-electron chi connectivity index (χ1n) is 7.04. The first kappa shape index (κ1) is 14.7. The molecular formula is C15H27NS. The molecule has 0 aliphatic heterocycles. The van der Waals surface area contributed by atoms with Crippen molar-refractivity contribution in [1.82, 2.24) is 0 Å². The molecule has 1 aromatic heterocycles. The van der Waals surface area contributed by atoms with Crippen LogP contribution in [0.15, 0.2) is 12.1 Å². The van der Waals surface area contributed by atoms with Crippen molar-refractivity contribution in [3.8, 4) is 0 Å². The summed E-state index contributed by atoms with van der Waals surface area (Å²) in [5.74, 6) is 0.706. The van der Waals surface area contributed by atoms with Gasteiger partial charge in [-0.2, -0.15) is 0 Å². The number of nitrogens with two attached hydrogens (primary N) is 1. The molecule has 1 nitrogen and oxygen atoms in total. The van der Waals surface area contributed by atoms with Gasteiger partial charge in [-0.15, -0.1) is 11.3 Å². The van der Waals surface area contributed by atoms with Gasteiger partial charge in [0.05, 0.1) is 0 Å². The maximum Gasteiger partial charge on any atom is 0.0116 e. The molecule has 0 saturated heterocycles. The van der Waals surface area contributed by atoms with Gasteiger partial charge in [0.2, 0.25) is 0 Å². The standard InChI is InChI=1S/C15H27NS/c1-4-7-12(8-5-2)15(16)11-14-10-9-13(6-3)17-14/h9-10,12,15H,4-8,11,16H2,1-3H3. The maximum absolute atomic E-state index is 6.38. The van der Waals surface area contributed by atoms with Gasteiger partial charge in [-0.1, -0.05) is 33.6 Å². The third kappa shape index (κ3) is 4.81. The molecule has 17 heavy (non-hydrogen) atoms. The van der Waals surface area contributed by atoms with Crippen molar-refractivity contribution < 1.29 is 0 Å². The average molecular weight is 253 g/mol. The zero-order valence-electron chi connectivity index (χ0n) is 11.5. The molecule has 0 bridgehead atoms. The Hall–Kier alpha value is -0.340. The summed E-state index contributed by atoms with van der Waals surface area (Å²) >= 11 is 1.93. The first-order chi connectivity index (χ1) is 8.21. The topological polar surface area (TPSA) is 26.0 Å². The summed E-state index contributed by atoms with van der Waals surface area (Å²) in [6.45, 7) is 6.73. The molecule has 2 N–H and O–H groups in total. The second-order valence-corrected chi connectivity index (χ2v) is 6.18. The largest absolute Gasteiger partial charge is 0.327 e. The van der Waals surface area contributed by atoms with E-state index in [0.717, 1.165) is 12.8 Å². The van der Waals surface area contributed by atoms with E-state index in [0.29, 0.717) is 12.0 Å². The number of hydrogen-bond donors (Lipinski definition) is 1. The highest BCUT2D eigenvalue weighted by molar-refractivity contribution is 7.11. The Labute approximate surface area is 110 Å². The van der Waals surface area contributed by atoms with Crippen molar-refractivity contribution in [1.29, 1.82) is 0 Å². The molecule has 0 amide bonds. The Kier molecular flexibility index (Phi) is 6.83. The lowest BCUT2D eigenvalue weighted by Crippen LogP contribution is -2.32. The third-order valence-corrected chi connectivity index (χ3v) is 4.68. The van der Waals surface area contributed by atoms with Crippen molar-refractivity contribution in [2.45, 2.75) is 65.3 Å². The van der Waals surface area contributed by atoms with Gasteiger partial charge in [-0.25, -0.2) is 0 Å². The van der Waals surface area contributed by atoms with Gasteiger partial charge in [0, 0.05) is 15.8 Å². The summed E-state index contributed by atoms with van der Waals surface area (Å²) in [5.41, 5.74) is 6.38. The number of hydrogen-bond acceptors (Lipinski definition) is 2. The van der Waals surface area contributed by atoms with Crippen LogP contribution in [0.2, 0.25) is 0 Å². The molecule has 1 rings (SSSR count). The van der Waals surface area contributed by atoms with Crippen LogP contribution in [0.3, 0.4) is 0 Å². The van der Waals surface area contributed by atoms with E-state index < -0.39 is 0 Å². The van der Waals surface area contributed by atoms with Crippen LogP contribution in [0.5, 0.6) is 0 Å². The summed E-state index contributed by atoms with van der Waals surface area (Å²) in [4.78, 5) is 2.95. The fourth-order valence-electron chi connectivity index (χ4n) is 2.44. The lowest BCUT2D eigenvalue weighted by Gasteiger charge is -2.22. The van der Waals surface area contributed by atoms with E-state index in [-0.39, 0.29) is 0 Å². The zero-order chi connectivity index (χ0) is 12.7. The van der Waals surface area contributed by atoms with Crippen LogP contribution < -0.4 is 5.73 Å². The summed E-state index contributed by atoms with van der Waals surface area (Å²) in [5, 5.41) is 0. The second-order valence-electron chi connectivity index (χ2n) is 4.93. The van der Waals surface area contributed by atoms with Gasteiger partial charge < -0.3 is 5.73 Å². The summed E-state index contributed by atoms with van der Waals surface area (Å²) < 4.78 is 0. The number of aryl methyl sites for hydroxylation is 1. The predicted molar refractivity (Wildman–Crippen MR) is 78.7 cm³/mol. The fourth-order valence-corrected chi connectivity index (χ4v) is 3.46. The van der Waals surface area contributed by atoms with Crippen LogP contribution in [0.4, 0.5) is 0 Å². The molecule has 0 spiro atoms. The normalized spacial score (nSPS) is 13.2. The molecule has 1 unspecified atom stereocenters. The van der Waals surface area contributed by atoms with Gasteiger partial charge in [0.1, 0.15) is 0 Å². The van der Waals surface area contributed by atoms with Crippen LogP contribution in [-0.2, 0) is 12.8 Å². The maximum atomic E-state index is 6.38. The van der Waals surface area contributed by atoms with E-state index in [2.05, 4.69) is 32.9 Å². The van der Waals surface area contributed by atoms with Crippen molar-refractivity contribution in [3.63, 3.8) is 0 Å². The van der Waals surface area contributed by atoms with Crippen molar-refractivity contribution in [2.75, 3.05) is 0 Å². The molecule has 0 saturated carbocycles. The van der Waals surface area contributed by atoms with Gasteiger partial charge in [-0.3, -0.25) is 0 Å². The Balaban J connectivity index is 2.52. The Morgan fingerprint density at radius 3 is 2.12 bits per heavy atom. The lowest BCUT2D eigenvalue weighted by atomic mass is 9.89. The smallest absolute Gasteiger partial charge is 0.0116 e. The summed E-state index contributed by atoms with van der Waals surface area (Å²) in [6.07, 6.45) is 7.27. The molecule has 0 aliphatic rings. The minimum Gasteiger partial charge on any atom is -0.327 e. The van der Waals surface area contributed by atoms with E-state index in [1.54, 1.807) is 0 Å². The highest BCUT2D eigenvalue weighted by Crippen LogP contribution is 2.23. The summed E-state index contributed by atoms with van der Waals surface area (Å²) in [6, 6.07) is 4.86. The molecule has 0 fully saturated rings. The average Bonchev–Trinajstić information content (AvgIpc) is 2.76. The number of rotatable bonds is 8. The Morgan fingerprint density at radius 2 is 1.65 bits per heavy atom. The molecule has 2 heteroatoms. The van der Waals surface area contributed by atoms with Crippen LogP contribution >= 0.6 is 11.3 Å².